The molecule has 2 aromatic rings. The largest absolute Gasteiger partial charge is 0.366 e. The number of carbonyl (C=O) groups excluding carboxylic acids is 1. The second-order valence-corrected chi connectivity index (χ2v) is 4.69. The van der Waals surface area contributed by atoms with E-state index >= 15 is 0 Å². The summed E-state index contributed by atoms with van der Waals surface area (Å²) < 4.78 is 2.22. The minimum absolute atomic E-state index is 0.332. The molecular weight excluding hydrogens is 226 g/mol. The summed E-state index contributed by atoms with van der Waals surface area (Å²) in [7, 11) is 0. The Kier molecular flexibility index (Phi) is 2.63. The van der Waals surface area contributed by atoms with Crippen molar-refractivity contribution in [1.29, 1.82) is 0 Å². The number of nitrogens with zero attached hydrogens (tertiary/aromatic N) is 2. The highest BCUT2D eigenvalue weighted by Gasteiger charge is 2.20. The Labute approximate surface area is 105 Å². The molecule has 1 aromatic carbocycles. The average Bonchev–Trinajstić information content (AvgIpc) is 2.87. The van der Waals surface area contributed by atoms with Gasteiger partial charge in [-0.15, -0.1) is 0 Å². The Morgan fingerprint density at radius 3 is 2.83 bits per heavy atom. The van der Waals surface area contributed by atoms with Crippen LogP contribution in [0.2, 0.25) is 0 Å². The number of primary amides is 1. The number of hydrogen-bond acceptors (Lipinski definition) is 2. The Morgan fingerprint density at radius 1 is 1.33 bits per heavy atom. The van der Waals surface area contributed by atoms with Crippen molar-refractivity contribution in [3.8, 4) is 0 Å². The van der Waals surface area contributed by atoms with E-state index < -0.39 is 0 Å². The molecule has 4 nitrogen and oxygen atoms in total. The van der Waals surface area contributed by atoms with Crippen molar-refractivity contribution in [2.45, 2.75) is 25.3 Å². The maximum atomic E-state index is 11.1. The third kappa shape index (κ3) is 1.79. The number of carbonyl (C=O) groups is 1. The van der Waals surface area contributed by atoms with Crippen LogP contribution >= 0.6 is 0 Å². The van der Waals surface area contributed by atoms with E-state index in [1.54, 1.807) is 12.1 Å². The predicted octanol–water partition coefficient (Wildman–Crippen LogP) is 1.91. The van der Waals surface area contributed by atoms with Crippen LogP contribution in [0.15, 0.2) is 36.8 Å². The number of nitrogens with two attached hydrogens (primary N) is 1. The van der Waals surface area contributed by atoms with Crippen LogP contribution in [0.25, 0.3) is 0 Å². The van der Waals surface area contributed by atoms with Crippen LogP contribution in [0, 0.1) is 0 Å². The third-order valence-electron chi connectivity index (χ3n) is 3.57. The van der Waals surface area contributed by atoms with E-state index in [0.29, 0.717) is 11.6 Å². The molecule has 0 saturated carbocycles. The molecule has 2 N–H and O–H groups in total. The molecule has 1 atom stereocenters. The highest BCUT2D eigenvalue weighted by atomic mass is 16.1. The fourth-order valence-electron chi connectivity index (χ4n) is 2.62. The molecule has 0 fully saturated rings. The lowest BCUT2D eigenvalue weighted by molar-refractivity contribution is 0.100. The molecule has 1 amide bonds. The van der Waals surface area contributed by atoms with Gasteiger partial charge in [0.15, 0.2) is 0 Å². The van der Waals surface area contributed by atoms with Crippen LogP contribution in [-0.4, -0.2) is 15.5 Å². The second kappa shape index (κ2) is 4.29. The smallest absolute Gasteiger partial charge is 0.248 e. The van der Waals surface area contributed by atoms with Gasteiger partial charge in [-0.25, -0.2) is 4.98 Å². The molecular formula is C14H15N3O. The van der Waals surface area contributed by atoms with Gasteiger partial charge in [0.2, 0.25) is 5.91 Å². The molecule has 0 radical (unpaired) electrons. The van der Waals surface area contributed by atoms with Gasteiger partial charge in [-0.05, 0) is 37.0 Å². The average molecular weight is 241 g/mol. The molecule has 1 aliphatic rings. The molecule has 1 aliphatic heterocycles. The monoisotopic (exact) mass is 241 g/mol. The highest BCUT2D eigenvalue weighted by Crippen LogP contribution is 2.30. The van der Waals surface area contributed by atoms with Crippen molar-refractivity contribution in [3.05, 3.63) is 53.6 Å². The number of imidazole rings is 1. The van der Waals surface area contributed by atoms with Crippen LogP contribution in [0.1, 0.15) is 40.5 Å². The Bertz CT molecular complexity index is 571. The minimum atomic E-state index is -0.381. The van der Waals surface area contributed by atoms with Crippen LogP contribution < -0.4 is 5.73 Å². The van der Waals surface area contributed by atoms with Crippen molar-refractivity contribution in [3.63, 3.8) is 0 Å². The molecule has 1 unspecified atom stereocenters. The molecule has 2 heterocycles. The fourth-order valence-corrected chi connectivity index (χ4v) is 2.62. The van der Waals surface area contributed by atoms with Gasteiger partial charge < -0.3 is 10.3 Å². The number of fused-ring (bicyclic) bond motifs is 1. The SMILES string of the molecule is NC(=O)c1ccc(C2CCCc3cncn32)cc1. The summed E-state index contributed by atoms with van der Waals surface area (Å²) in [5.74, 6) is -0.381. The van der Waals surface area contributed by atoms with Gasteiger partial charge in [0.05, 0.1) is 12.4 Å². The molecule has 3 rings (SSSR count). The Morgan fingerprint density at radius 2 is 2.11 bits per heavy atom. The van der Waals surface area contributed by atoms with Gasteiger partial charge in [-0.3, -0.25) is 4.79 Å². The predicted molar refractivity (Wildman–Crippen MR) is 68.3 cm³/mol. The van der Waals surface area contributed by atoms with Crippen molar-refractivity contribution >= 4 is 5.91 Å². The molecule has 0 bridgehead atoms. The maximum absolute atomic E-state index is 11.1. The van der Waals surface area contributed by atoms with Gasteiger partial charge in [0.1, 0.15) is 0 Å². The number of amides is 1. The van der Waals surface area contributed by atoms with E-state index in [4.69, 9.17) is 5.73 Å². The lowest BCUT2D eigenvalue weighted by Crippen LogP contribution is -2.18. The molecule has 92 valence electrons. The van der Waals surface area contributed by atoms with Gasteiger partial charge in [-0.1, -0.05) is 12.1 Å². The first-order valence-corrected chi connectivity index (χ1v) is 6.16. The second-order valence-electron chi connectivity index (χ2n) is 4.69. The van der Waals surface area contributed by atoms with Crippen LogP contribution in [0.3, 0.4) is 0 Å². The van der Waals surface area contributed by atoms with E-state index in [-0.39, 0.29) is 5.91 Å². The lowest BCUT2D eigenvalue weighted by atomic mass is 9.95. The van der Waals surface area contributed by atoms with E-state index in [1.165, 1.54) is 17.7 Å². The van der Waals surface area contributed by atoms with Gasteiger partial charge >= 0.3 is 0 Å². The van der Waals surface area contributed by atoms with E-state index in [0.717, 1.165) is 12.8 Å². The molecule has 0 aliphatic carbocycles. The first-order valence-electron chi connectivity index (χ1n) is 6.16. The number of aryl methyl sites for hydroxylation is 1. The number of hydrogen-bond donors (Lipinski definition) is 1. The van der Waals surface area contributed by atoms with Gasteiger partial charge in [0.25, 0.3) is 0 Å². The van der Waals surface area contributed by atoms with E-state index in [1.807, 2.05) is 24.7 Å². The maximum Gasteiger partial charge on any atom is 0.248 e. The van der Waals surface area contributed by atoms with Crippen molar-refractivity contribution in [2.24, 2.45) is 5.73 Å². The summed E-state index contributed by atoms with van der Waals surface area (Å²) in [5.41, 5.74) is 8.29. The molecule has 18 heavy (non-hydrogen) atoms. The molecule has 0 spiro atoms. The summed E-state index contributed by atoms with van der Waals surface area (Å²) in [4.78, 5) is 15.3. The van der Waals surface area contributed by atoms with Crippen LogP contribution in [-0.2, 0) is 6.42 Å². The molecule has 0 saturated heterocycles. The Balaban J connectivity index is 1.95. The number of benzene rings is 1. The lowest BCUT2D eigenvalue weighted by Gasteiger charge is -2.25. The quantitative estimate of drug-likeness (QED) is 0.873. The summed E-state index contributed by atoms with van der Waals surface area (Å²) in [6.07, 6.45) is 7.20. The molecule has 1 aromatic heterocycles. The summed E-state index contributed by atoms with van der Waals surface area (Å²) in [5, 5.41) is 0. The molecule has 4 heteroatoms. The van der Waals surface area contributed by atoms with E-state index in [9.17, 15) is 4.79 Å². The van der Waals surface area contributed by atoms with Crippen molar-refractivity contribution in [2.75, 3.05) is 0 Å². The zero-order chi connectivity index (χ0) is 12.5. The fraction of sp³-hybridized carbons (Fsp3) is 0.286. The third-order valence-corrected chi connectivity index (χ3v) is 3.57. The Hall–Kier alpha value is -2.10. The highest BCUT2D eigenvalue weighted by molar-refractivity contribution is 5.92. The van der Waals surface area contributed by atoms with Gasteiger partial charge in [0, 0.05) is 17.5 Å². The first kappa shape index (κ1) is 11.0. The number of aromatic nitrogens is 2. The topological polar surface area (TPSA) is 60.9 Å². The summed E-state index contributed by atoms with van der Waals surface area (Å²) in [6.45, 7) is 0. The van der Waals surface area contributed by atoms with Crippen molar-refractivity contribution < 1.29 is 4.79 Å². The zero-order valence-electron chi connectivity index (χ0n) is 10.0. The van der Waals surface area contributed by atoms with E-state index in [2.05, 4.69) is 9.55 Å². The standard InChI is InChI=1S/C14H15N3O/c15-14(18)11-6-4-10(5-7-11)13-3-1-2-12-8-16-9-17(12)13/h4-9,13H,1-3H2,(H2,15,18). The minimum Gasteiger partial charge on any atom is -0.366 e. The summed E-state index contributed by atoms with van der Waals surface area (Å²) >= 11 is 0. The summed E-state index contributed by atoms with van der Waals surface area (Å²) in [6, 6.07) is 7.89. The van der Waals surface area contributed by atoms with Crippen molar-refractivity contribution in [1.82, 2.24) is 9.55 Å². The normalized spacial score (nSPS) is 18.3. The first-order chi connectivity index (χ1) is 8.75. The zero-order valence-corrected chi connectivity index (χ0v) is 10.0. The van der Waals surface area contributed by atoms with Gasteiger partial charge in [-0.2, -0.15) is 0 Å². The van der Waals surface area contributed by atoms with Crippen LogP contribution in [0.5, 0.6) is 0 Å². The number of rotatable bonds is 2. The van der Waals surface area contributed by atoms with Crippen LogP contribution in [0.4, 0.5) is 0 Å².